The Kier molecular flexibility index (Phi) is 11.4. The molecule has 3 rings (SSSR count). The summed E-state index contributed by atoms with van der Waals surface area (Å²) in [7, 11) is -2.24. The van der Waals surface area contributed by atoms with E-state index in [1.54, 1.807) is 19.2 Å². The van der Waals surface area contributed by atoms with Gasteiger partial charge in [0.1, 0.15) is 10.6 Å². The number of sulfonamides is 1. The quantitative estimate of drug-likeness (QED) is 0.314. The summed E-state index contributed by atoms with van der Waals surface area (Å²) >= 11 is 0. The predicted molar refractivity (Wildman–Crippen MR) is 123 cm³/mol. The molecule has 0 radical (unpaired) electrons. The van der Waals surface area contributed by atoms with E-state index in [0.29, 0.717) is 12.5 Å². The molecule has 1 aromatic rings. The fourth-order valence-electron chi connectivity index (χ4n) is 4.88. The standard InChI is InChI=1S/C24H38N2O6S.Li/c1-17-12-13-23(33(29,30)26-15-7-10-20(26)24(27)28)22(16-17)32-18(2)8-6-14-25-19-9-4-5-11-21(19)31-3;/h12-13,16,18-21,25H,4-11,14-15H2,1-3H3,(H,27,28);/q;+1/p-1/t18-,19-,20+,21+;/m1./s1. The monoisotopic (exact) mass is 488 g/mol. The van der Waals surface area contributed by atoms with E-state index in [-0.39, 0.29) is 54.7 Å². The van der Waals surface area contributed by atoms with Crippen molar-refractivity contribution in [2.45, 2.75) is 94.4 Å². The van der Waals surface area contributed by atoms with Gasteiger partial charge in [-0.2, -0.15) is 4.31 Å². The van der Waals surface area contributed by atoms with E-state index in [4.69, 9.17) is 9.47 Å². The summed E-state index contributed by atoms with van der Waals surface area (Å²) < 4.78 is 39.3. The molecule has 2 aliphatic rings. The van der Waals surface area contributed by atoms with Crippen LogP contribution in [-0.4, -0.2) is 63.2 Å². The third kappa shape index (κ3) is 7.22. The average molecular weight is 489 g/mol. The summed E-state index contributed by atoms with van der Waals surface area (Å²) in [5.41, 5.74) is 0.874. The zero-order valence-electron chi connectivity index (χ0n) is 20.9. The second-order valence-electron chi connectivity index (χ2n) is 9.23. The van der Waals surface area contributed by atoms with Crippen LogP contribution in [0.5, 0.6) is 5.75 Å². The molecule has 1 N–H and O–H groups in total. The minimum absolute atomic E-state index is 0. The van der Waals surface area contributed by atoms with E-state index >= 15 is 0 Å². The third-order valence-corrected chi connectivity index (χ3v) is 8.64. The first-order valence-corrected chi connectivity index (χ1v) is 13.4. The number of benzene rings is 1. The first kappa shape index (κ1) is 29.1. The van der Waals surface area contributed by atoms with Crippen molar-refractivity contribution in [3.05, 3.63) is 23.8 Å². The zero-order valence-corrected chi connectivity index (χ0v) is 21.7. The number of hydrogen-bond acceptors (Lipinski definition) is 7. The van der Waals surface area contributed by atoms with Gasteiger partial charge >= 0.3 is 18.9 Å². The third-order valence-electron chi connectivity index (χ3n) is 6.69. The Morgan fingerprint density at radius 3 is 2.68 bits per heavy atom. The number of carbonyl (C=O) groups is 1. The normalized spacial score (nSPS) is 24.4. The number of nitrogens with zero attached hydrogens (tertiary/aromatic N) is 1. The number of ether oxygens (including phenoxy) is 2. The van der Waals surface area contributed by atoms with Crippen LogP contribution in [0, 0.1) is 6.92 Å². The first-order chi connectivity index (χ1) is 15.7. The van der Waals surface area contributed by atoms with E-state index in [9.17, 15) is 18.3 Å². The van der Waals surface area contributed by atoms with Crippen LogP contribution in [0.25, 0.3) is 0 Å². The molecule has 1 aliphatic heterocycles. The molecule has 1 heterocycles. The molecule has 1 aromatic carbocycles. The van der Waals surface area contributed by atoms with Crippen molar-refractivity contribution in [3.8, 4) is 5.75 Å². The summed E-state index contributed by atoms with van der Waals surface area (Å²) in [4.78, 5) is 11.5. The number of aryl methyl sites for hydroxylation is 1. The number of carboxylic acid groups (broad SMARTS) is 1. The molecule has 8 nitrogen and oxygen atoms in total. The van der Waals surface area contributed by atoms with Gasteiger partial charge in [0.2, 0.25) is 10.0 Å². The Bertz CT molecular complexity index is 913. The molecule has 4 atom stereocenters. The van der Waals surface area contributed by atoms with Crippen LogP contribution in [-0.2, 0) is 19.6 Å². The summed E-state index contributed by atoms with van der Waals surface area (Å²) in [6.45, 7) is 4.81. The van der Waals surface area contributed by atoms with Crippen molar-refractivity contribution < 1.29 is 46.7 Å². The van der Waals surface area contributed by atoms with E-state index in [0.717, 1.165) is 42.1 Å². The number of nitrogens with one attached hydrogen (secondary N) is 1. The van der Waals surface area contributed by atoms with Crippen LogP contribution in [0.15, 0.2) is 23.1 Å². The number of hydrogen-bond donors (Lipinski definition) is 1. The molecule has 0 aromatic heterocycles. The van der Waals surface area contributed by atoms with Crippen molar-refractivity contribution in [1.82, 2.24) is 9.62 Å². The molecule has 10 heteroatoms. The molecule has 186 valence electrons. The molecular formula is C24H37LiN2O6S. The fourth-order valence-corrected chi connectivity index (χ4v) is 6.63. The molecule has 1 saturated carbocycles. The number of aliphatic carboxylic acids is 1. The molecule has 34 heavy (non-hydrogen) atoms. The average Bonchev–Trinajstić information content (AvgIpc) is 3.28. The SMILES string of the molecule is CO[C@H]1CCCC[C@H]1NCCC[C@@H](C)Oc1cc(C)ccc1S(=O)(=O)N1CCC[C@H]1C(=O)[O-].[Li+]. The smallest absolute Gasteiger partial charge is 0.548 e. The number of carbonyl (C=O) groups excluding carboxylic acids is 1. The maximum absolute atomic E-state index is 13.3. The molecule has 0 bridgehead atoms. The summed E-state index contributed by atoms with van der Waals surface area (Å²) in [5, 5.41) is 15.0. The van der Waals surface area contributed by atoms with Gasteiger partial charge in [-0.05, 0) is 76.6 Å². The molecule has 2 fully saturated rings. The zero-order chi connectivity index (χ0) is 24.0. The largest absolute Gasteiger partial charge is 1.00 e. The Balaban J connectivity index is 0.00000408. The van der Waals surface area contributed by atoms with Crippen molar-refractivity contribution in [3.63, 3.8) is 0 Å². The topological polar surface area (TPSA) is 108 Å². The van der Waals surface area contributed by atoms with Crippen molar-refractivity contribution >= 4 is 16.0 Å². The van der Waals surface area contributed by atoms with E-state index in [2.05, 4.69) is 5.32 Å². The van der Waals surface area contributed by atoms with Crippen LogP contribution in [0.3, 0.4) is 0 Å². The number of methoxy groups -OCH3 is 1. The molecule has 0 unspecified atom stereocenters. The van der Waals surface area contributed by atoms with Crippen LogP contribution in [0.4, 0.5) is 0 Å². The Labute approximate surface area is 216 Å². The van der Waals surface area contributed by atoms with Crippen LogP contribution < -0.4 is 34.0 Å². The van der Waals surface area contributed by atoms with Gasteiger partial charge in [0, 0.05) is 19.7 Å². The van der Waals surface area contributed by atoms with Gasteiger partial charge in [0.05, 0.1) is 24.2 Å². The van der Waals surface area contributed by atoms with Crippen molar-refractivity contribution in [1.29, 1.82) is 0 Å². The molecule has 0 amide bonds. The van der Waals surface area contributed by atoms with Gasteiger partial charge in [-0.25, -0.2) is 8.42 Å². The van der Waals surface area contributed by atoms with Gasteiger partial charge in [-0.15, -0.1) is 0 Å². The summed E-state index contributed by atoms with van der Waals surface area (Å²) in [5.74, 6) is -1.09. The minimum Gasteiger partial charge on any atom is -0.548 e. The molecule has 1 aliphatic carbocycles. The molecule has 0 spiro atoms. The second kappa shape index (κ2) is 13.3. The van der Waals surface area contributed by atoms with Crippen molar-refractivity contribution in [2.24, 2.45) is 0 Å². The van der Waals surface area contributed by atoms with Crippen LogP contribution >= 0.6 is 0 Å². The van der Waals surface area contributed by atoms with Gasteiger partial charge in [-0.1, -0.05) is 18.9 Å². The van der Waals surface area contributed by atoms with E-state index < -0.39 is 22.0 Å². The molecular weight excluding hydrogens is 451 g/mol. The number of rotatable bonds is 11. The Hall–Kier alpha value is -1.08. The second-order valence-corrected chi connectivity index (χ2v) is 11.1. The van der Waals surface area contributed by atoms with E-state index in [1.807, 2.05) is 13.8 Å². The maximum Gasteiger partial charge on any atom is 1.00 e. The number of carboxylic acids is 1. The fraction of sp³-hybridized carbons (Fsp3) is 0.708. The molecule has 1 saturated heterocycles. The van der Waals surface area contributed by atoms with E-state index in [1.165, 1.54) is 18.9 Å². The van der Waals surface area contributed by atoms with Gasteiger partial charge in [0.25, 0.3) is 0 Å². The predicted octanol–water partition coefficient (Wildman–Crippen LogP) is -1.00. The van der Waals surface area contributed by atoms with Gasteiger partial charge in [-0.3, -0.25) is 0 Å². The van der Waals surface area contributed by atoms with Crippen LogP contribution in [0.2, 0.25) is 0 Å². The van der Waals surface area contributed by atoms with Gasteiger partial charge in [0.15, 0.2) is 0 Å². The first-order valence-electron chi connectivity index (χ1n) is 12.0. The summed E-state index contributed by atoms with van der Waals surface area (Å²) in [6.07, 6.45) is 7.13. The Morgan fingerprint density at radius 1 is 1.24 bits per heavy atom. The Morgan fingerprint density at radius 2 is 1.97 bits per heavy atom. The maximum atomic E-state index is 13.3. The van der Waals surface area contributed by atoms with Gasteiger partial charge < -0.3 is 24.7 Å². The van der Waals surface area contributed by atoms with Crippen molar-refractivity contribution in [2.75, 3.05) is 20.2 Å². The summed E-state index contributed by atoms with van der Waals surface area (Å²) in [6, 6.07) is 4.16. The van der Waals surface area contributed by atoms with Crippen LogP contribution in [0.1, 0.15) is 63.9 Å². The minimum atomic E-state index is -4.01.